The van der Waals surface area contributed by atoms with Crippen LogP contribution in [-0.2, 0) is 16.0 Å². The van der Waals surface area contributed by atoms with E-state index in [2.05, 4.69) is 4.99 Å². The van der Waals surface area contributed by atoms with Crippen molar-refractivity contribution in [2.75, 3.05) is 27.4 Å². The number of nitrogens with zero attached hydrogens (tertiary/aromatic N) is 2. The maximum absolute atomic E-state index is 12.8. The van der Waals surface area contributed by atoms with Crippen molar-refractivity contribution in [1.82, 2.24) is 4.90 Å². The van der Waals surface area contributed by atoms with Crippen molar-refractivity contribution >= 4 is 34.5 Å². The van der Waals surface area contributed by atoms with Gasteiger partial charge in [0.2, 0.25) is 5.91 Å². The average molecular weight is 459 g/mol. The zero-order chi connectivity index (χ0) is 23.1. The maximum atomic E-state index is 12.8. The summed E-state index contributed by atoms with van der Waals surface area (Å²) in [5, 5.41) is 8.96. The minimum Gasteiger partial charge on any atom is -0.494 e. The van der Waals surface area contributed by atoms with Gasteiger partial charge in [-0.2, -0.15) is 0 Å². The molecule has 1 amide bonds. The number of amidine groups is 1. The summed E-state index contributed by atoms with van der Waals surface area (Å²) < 4.78 is 16.1. The maximum Gasteiger partial charge on any atom is 0.317 e. The number of ether oxygens (including phenoxy) is 3. The highest BCUT2D eigenvalue weighted by atomic mass is 32.2. The van der Waals surface area contributed by atoms with Crippen LogP contribution in [0.15, 0.2) is 47.5 Å². The molecule has 3 rings (SSSR count). The molecule has 8 nitrogen and oxygen atoms in total. The Balaban J connectivity index is 1.82. The minimum absolute atomic E-state index is 0.0752. The quantitative estimate of drug-likeness (QED) is 0.611. The second-order valence-corrected chi connectivity index (χ2v) is 8.12. The number of carbonyl (C=O) groups excluding carboxylic acids is 1. The molecule has 32 heavy (non-hydrogen) atoms. The Morgan fingerprint density at radius 1 is 1.16 bits per heavy atom. The number of hydrogen-bond acceptors (Lipinski definition) is 7. The van der Waals surface area contributed by atoms with Crippen LogP contribution >= 0.6 is 11.8 Å². The SMILES string of the molecule is CCOc1ccc(N=C2S[C@H](C(=O)O)CC(=O)N2CCc2ccc(OC)c(OC)c2)cc1. The van der Waals surface area contributed by atoms with Crippen LogP contribution in [0, 0.1) is 0 Å². The third-order valence-corrected chi connectivity index (χ3v) is 6.03. The van der Waals surface area contributed by atoms with Gasteiger partial charge in [0.15, 0.2) is 16.7 Å². The fraction of sp³-hybridized carbons (Fsp3) is 0.348. The van der Waals surface area contributed by atoms with Gasteiger partial charge in [0, 0.05) is 6.54 Å². The van der Waals surface area contributed by atoms with Crippen molar-refractivity contribution in [3.63, 3.8) is 0 Å². The van der Waals surface area contributed by atoms with E-state index < -0.39 is 11.2 Å². The number of carbonyl (C=O) groups is 2. The number of methoxy groups -OCH3 is 2. The molecule has 9 heteroatoms. The first-order chi connectivity index (χ1) is 15.4. The molecule has 1 fully saturated rings. The molecule has 2 aromatic carbocycles. The molecule has 0 aromatic heterocycles. The highest BCUT2D eigenvalue weighted by Gasteiger charge is 2.35. The lowest BCUT2D eigenvalue weighted by Gasteiger charge is -2.30. The lowest BCUT2D eigenvalue weighted by Crippen LogP contribution is -2.44. The Morgan fingerprint density at radius 2 is 1.88 bits per heavy atom. The Bertz CT molecular complexity index is 992. The molecule has 0 saturated carbocycles. The Hall–Kier alpha value is -3.20. The molecule has 0 radical (unpaired) electrons. The third-order valence-electron chi connectivity index (χ3n) is 4.86. The van der Waals surface area contributed by atoms with Gasteiger partial charge in [-0.1, -0.05) is 17.8 Å². The largest absolute Gasteiger partial charge is 0.494 e. The van der Waals surface area contributed by atoms with Gasteiger partial charge in [0.25, 0.3) is 0 Å². The molecule has 1 N–H and O–H groups in total. The number of benzene rings is 2. The van der Waals surface area contributed by atoms with Gasteiger partial charge < -0.3 is 19.3 Å². The second kappa shape index (κ2) is 10.9. The Labute approximate surface area is 191 Å². The van der Waals surface area contributed by atoms with Gasteiger partial charge in [0.1, 0.15) is 11.0 Å². The third kappa shape index (κ3) is 5.73. The first kappa shape index (κ1) is 23.5. The van der Waals surface area contributed by atoms with Gasteiger partial charge in [-0.25, -0.2) is 4.99 Å². The topological polar surface area (TPSA) is 97.7 Å². The molecular weight excluding hydrogens is 432 g/mol. The predicted octanol–water partition coefficient (Wildman–Crippen LogP) is 3.75. The molecule has 0 unspecified atom stereocenters. The molecule has 170 valence electrons. The summed E-state index contributed by atoms with van der Waals surface area (Å²) in [5.74, 6) is 0.669. The van der Waals surface area contributed by atoms with Gasteiger partial charge in [-0.3, -0.25) is 14.5 Å². The van der Waals surface area contributed by atoms with E-state index >= 15 is 0 Å². The molecule has 1 heterocycles. The Morgan fingerprint density at radius 3 is 2.50 bits per heavy atom. The highest BCUT2D eigenvalue weighted by molar-refractivity contribution is 8.15. The normalized spacial score (nSPS) is 17.3. The molecule has 1 saturated heterocycles. The molecule has 0 spiro atoms. The minimum atomic E-state index is -1.03. The first-order valence-electron chi connectivity index (χ1n) is 10.2. The lowest BCUT2D eigenvalue weighted by atomic mass is 10.1. The molecule has 2 aromatic rings. The van der Waals surface area contributed by atoms with Crippen LogP contribution in [0.25, 0.3) is 0 Å². The number of aliphatic imine (C=N–C) groups is 1. The molecule has 0 aliphatic carbocycles. The van der Waals surface area contributed by atoms with Crippen LogP contribution in [-0.4, -0.2) is 59.7 Å². The summed E-state index contributed by atoms with van der Waals surface area (Å²) in [6, 6.07) is 12.7. The van der Waals surface area contributed by atoms with Crippen molar-refractivity contribution in [2.45, 2.75) is 25.0 Å². The van der Waals surface area contributed by atoms with Crippen molar-refractivity contribution < 1.29 is 28.9 Å². The fourth-order valence-corrected chi connectivity index (χ4v) is 4.28. The summed E-state index contributed by atoms with van der Waals surface area (Å²) in [7, 11) is 3.14. The summed E-state index contributed by atoms with van der Waals surface area (Å²) in [6.45, 7) is 2.83. The van der Waals surface area contributed by atoms with E-state index in [-0.39, 0.29) is 12.3 Å². The zero-order valence-corrected chi connectivity index (χ0v) is 19.1. The second-order valence-electron chi connectivity index (χ2n) is 6.95. The van der Waals surface area contributed by atoms with Crippen molar-refractivity contribution in [1.29, 1.82) is 0 Å². The van der Waals surface area contributed by atoms with Gasteiger partial charge in [-0.15, -0.1) is 0 Å². The van der Waals surface area contributed by atoms with Crippen LogP contribution < -0.4 is 14.2 Å². The van der Waals surface area contributed by atoms with Gasteiger partial charge in [0.05, 0.1) is 32.9 Å². The number of carboxylic acids is 1. The van der Waals surface area contributed by atoms with Crippen LogP contribution in [0.4, 0.5) is 5.69 Å². The van der Waals surface area contributed by atoms with E-state index in [9.17, 15) is 14.7 Å². The predicted molar refractivity (Wildman–Crippen MR) is 123 cm³/mol. The number of amides is 1. The van der Waals surface area contributed by atoms with Gasteiger partial charge in [-0.05, 0) is 55.3 Å². The van der Waals surface area contributed by atoms with E-state index in [0.717, 1.165) is 23.1 Å². The van der Waals surface area contributed by atoms with Crippen molar-refractivity contribution in [3.05, 3.63) is 48.0 Å². The van der Waals surface area contributed by atoms with Gasteiger partial charge >= 0.3 is 5.97 Å². The number of thioether (sulfide) groups is 1. The van der Waals surface area contributed by atoms with E-state index in [4.69, 9.17) is 14.2 Å². The van der Waals surface area contributed by atoms with E-state index in [1.807, 2.05) is 25.1 Å². The fourth-order valence-electron chi connectivity index (χ4n) is 3.22. The number of rotatable bonds is 9. The lowest BCUT2D eigenvalue weighted by molar-refractivity contribution is -0.139. The monoisotopic (exact) mass is 458 g/mol. The summed E-state index contributed by atoms with van der Waals surface area (Å²) in [4.78, 5) is 30.5. The highest BCUT2D eigenvalue weighted by Crippen LogP contribution is 2.31. The first-order valence-corrected chi connectivity index (χ1v) is 11.1. The smallest absolute Gasteiger partial charge is 0.317 e. The van der Waals surface area contributed by atoms with Crippen molar-refractivity contribution in [3.8, 4) is 17.2 Å². The average Bonchev–Trinajstić information content (AvgIpc) is 2.79. The van der Waals surface area contributed by atoms with Crippen molar-refractivity contribution in [2.24, 2.45) is 4.99 Å². The van der Waals surface area contributed by atoms with E-state index in [1.165, 1.54) is 0 Å². The zero-order valence-electron chi connectivity index (χ0n) is 18.2. The molecule has 1 atom stereocenters. The van der Waals surface area contributed by atoms with E-state index in [1.54, 1.807) is 43.4 Å². The number of aliphatic carboxylic acids is 1. The summed E-state index contributed by atoms with van der Waals surface area (Å²) >= 11 is 1.09. The number of carboxylic acid groups (broad SMARTS) is 1. The standard InChI is InChI=1S/C23H26N2O6S/c1-4-31-17-8-6-16(7-9-17)24-23-25(21(26)14-20(32-23)22(27)28)12-11-15-5-10-18(29-2)19(13-15)30-3/h5-10,13,20H,4,11-12,14H2,1-3H3,(H,27,28)/t20-/m0/s1. The van der Waals surface area contributed by atoms with Crippen LogP contribution in [0.3, 0.4) is 0 Å². The Kier molecular flexibility index (Phi) is 7.99. The molecule has 1 aliphatic rings. The molecular formula is C23H26N2O6S. The van der Waals surface area contributed by atoms with Crippen LogP contribution in [0.2, 0.25) is 0 Å². The molecule has 0 bridgehead atoms. The number of hydrogen-bond donors (Lipinski definition) is 1. The van der Waals surface area contributed by atoms with Crippen LogP contribution in [0.5, 0.6) is 17.2 Å². The van der Waals surface area contributed by atoms with Crippen LogP contribution in [0.1, 0.15) is 18.9 Å². The summed E-state index contributed by atoms with van der Waals surface area (Å²) in [6.07, 6.45) is 0.473. The summed E-state index contributed by atoms with van der Waals surface area (Å²) in [5.41, 5.74) is 1.58. The van der Waals surface area contributed by atoms with E-state index in [0.29, 0.717) is 41.9 Å². The molecule has 1 aliphatic heterocycles.